The lowest BCUT2D eigenvalue weighted by Gasteiger charge is -2.07. The van der Waals surface area contributed by atoms with Gasteiger partial charge in [0, 0.05) is 6.04 Å². The Bertz CT molecular complexity index is 272. The van der Waals surface area contributed by atoms with Gasteiger partial charge in [-0.25, -0.2) is 4.98 Å². The molecule has 2 heterocycles. The zero-order valence-corrected chi connectivity index (χ0v) is 6.95. The fraction of sp³-hybridized carbons (Fsp3) is 0.714. The molecule has 1 saturated heterocycles. The number of H-pyrrole nitrogens is 1. The number of nitrogens with zero attached hydrogens (tertiary/aromatic N) is 2. The molecular weight excluding hydrogens is 156 g/mol. The summed E-state index contributed by atoms with van der Waals surface area (Å²) in [5.41, 5.74) is 5.80. The maximum absolute atomic E-state index is 5.80. The van der Waals surface area contributed by atoms with Gasteiger partial charge in [0.2, 0.25) is 0 Å². The first-order valence-corrected chi connectivity index (χ1v) is 3.99. The standard InChI is InChI=1S/C7H12N4O/c1-4-9-7(11-10-4)5-2-12-3-6(5)8/h5-6H,2-3,8H2,1H3,(H,9,10,11). The molecule has 2 rings (SSSR count). The van der Waals surface area contributed by atoms with Crippen LogP contribution in [0.1, 0.15) is 17.6 Å². The van der Waals surface area contributed by atoms with Crippen LogP contribution in [0.3, 0.4) is 0 Å². The van der Waals surface area contributed by atoms with Gasteiger partial charge in [-0.1, -0.05) is 0 Å². The Balaban J connectivity index is 2.19. The largest absolute Gasteiger partial charge is 0.379 e. The van der Waals surface area contributed by atoms with Crippen LogP contribution in [0.25, 0.3) is 0 Å². The van der Waals surface area contributed by atoms with E-state index in [-0.39, 0.29) is 12.0 Å². The quantitative estimate of drug-likeness (QED) is 0.595. The van der Waals surface area contributed by atoms with Gasteiger partial charge in [-0.15, -0.1) is 0 Å². The SMILES string of the molecule is Cc1nc(C2COCC2N)n[nH]1. The summed E-state index contributed by atoms with van der Waals surface area (Å²) in [4.78, 5) is 4.22. The maximum Gasteiger partial charge on any atom is 0.157 e. The lowest BCUT2D eigenvalue weighted by Crippen LogP contribution is -2.27. The molecule has 1 aromatic heterocycles. The van der Waals surface area contributed by atoms with Crippen molar-refractivity contribution in [2.24, 2.45) is 5.73 Å². The highest BCUT2D eigenvalue weighted by atomic mass is 16.5. The average Bonchev–Trinajstić information content (AvgIpc) is 2.58. The molecule has 0 spiro atoms. The third kappa shape index (κ3) is 1.21. The van der Waals surface area contributed by atoms with Crippen molar-refractivity contribution in [2.75, 3.05) is 13.2 Å². The van der Waals surface area contributed by atoms with Gasteiger partial charge in [0.1, 0.15) is 5.82 Å². The van der Waals surface area contributed by atoms with E-state index in [0.717, 1.165) is 11.6 Å². The van der Waals surface area contributed by atoms with Crippen molar-refractivity contribution in [1.29, 1.82) is 0 Å². The summed E-state index contributed by atoms with van der Waals surface area (Å²) in [6, 6.07) is 0.0419. The molecule has 0 saturated carbocycles. The molecule has 0 aliphatic carbocycles. The molecule has 1 fully saturated rings. The summed E-state index contributed by atoms with van der Waals surface area (Å²) in [7, 11) is 0. The van der Waals surface area contributed by atoms with E-state index in [4.69, 9.17) is 10.5 Å². The van der Waals surface area contributed by atoms with E-state index in [1.165, 1.54) is 0 Å². The van der Waals surface area contributed by atoms with Crippen LogP contribution in [-0.2, 0) is 4.74 Å². The maximum atomic E-state index is 5.80. The number of rotatable bonds is 1. The van der Waals surface area contributed by atoms with Gasteiger partial charge in [-0.2, -0.15) is 5.10 Å². The van der Waals surface area contributed by atoms with E-state index < -0.39 is 0 Å². The second-order valence-corrected chi connectivity index (χ2v) is 3.09. The molecule has 0 radical (unpaired) electrons. The van der Waals surface area contributed by atoms with Crippen LogP contribution in [-0.4, -0.2) is 34.4 Å². The van der Waals surface area contributed by atoms with Gasteiger partial charge in [0.25, 0.3) is 0 Å². The highest BCUT2D eigenvalue weighted by molar-refractivity contribution is 5.03. The van der Waals surface area contributed by atoms with Crippen molar-refractivity contribution in [3.8, 4) is 0 Å². The molecule has 0 amide bonds. The van der Waals surface area contributed by atoms with Gasteiger partial charge in [0.15, 0.2) is 5.82 Å². The Morgan fingerprint density at radius 1 is 1.58 bits per heavy atom. The highest BCUT2D eigenvalue weighted by Gasteiger charge is 2.29. The molecule has 5 nitrogen and oxygen atoms in total. The van der Waals surface area contributed by atoms with Crippen LogP contribution in [0.15, 0.2) is 0 Å². The predicted molar refractivity (Wildman–Crippen MR) is 42.7 cm³/mol. The normalized spacial score (nSPS) is 29.5. The Labute approximate surface area is 70.3 Å². The van der Waals surface area contributed by atoms with E-state index >= 15 is 0 Å². The molecule has 3 N–H and O–H groups in total. The van der Waals surface area contributed by atoms with Crippen molar-refractivity contribution in [3.63, 3.8) is 0 Å². The fourth-order valence-corrected chi connectivity index (χ4v) is 1.36. The van der Waals surface area contributed by atoms with E-state index in [9.17, 15) is 0 Å². The number of hydrogen-bond acceptors (Lipinski definition) is 4. The highest BCUT2D eigenvalue weighted by Crippen LogP contribution is 2.20. The number of ether oxygens (including phenoxy) is 1. The molecular formula is C7H12N4O. The minimum atomic E-state index is 0.0419. The van der Waals surface area contributed by atoms with Crippen molar-refractivity contribution >= 4 is 0 Å². The smallest absolute Gasteiger partial charge is 0.157 e. The van der Waals surface area contributed by atoms with Crippen LogP contribution < -0.4 is 5.73 Å². The van der Waals surface area contributed by atoms with Crippen molar-refractivity contribution in [2.45, 2.75) is 18.9 Å². The number of aromatic nitrogens is 3. The number of nitrogens with two attached hydrogens (primary N) is 1. The summed E-state index contributed by atoms with van der Waals surface area (Å²) in [6.07, 6.45) is 0. The molecule has 66 valence electrons. The summed E-state index contributed by atoms with van der Waals surface area (Å²) < 4.78 is 5.21. The number of aromatic amines is 1. The molecule has 1 aliphatic heterocycles. The summed E-state index contributed by atoms with van der Waals surface area (Å²) in [6.45, 7) is 3.12. The van der Waals surface area contributed by atoms with Crippen molar-refractivity contribution in [1.82, 2.24) is 15.2 Å². The first-order valence-electron chi connectivity index (χ1n) is 3.99. The Morgan fingerprint density at radius 2 is 2.42 bits per heavy atom. The second-order valence-electron chi connectivity index (χ2n) is 3.09. The second kappa shape index (κ2) is 2.84. The first-order chi connectivity index (χ1) is 5.77. The Hall–Kier alpha value is -0.940. The molecule has 5 heteroatoms. The van der Waals surface area contributed by atoms with Gasteiger partial charge < -0.3 is 10.5 Å². The summed E-state index contributed by atoms with van der Waals surface area (Å²) >= 11 is 0. The van der Waals surface area contributed by atoms with E-state index in [0.29, 0.717) is 13.2 Å². The molecule has 0 bridgehead atoms. The molecule has 2 atom stereocenters. The van der Waals surface area contributed by atoms with Crippen LogP contribution in [0, 0.1) is 6.92 Å². The third-order valence-corrected chi connectivity index (χ3v) is 2.07. The van der Waals surface area contributed by atoms with Crippen LogP contribution >= 0.6 is 0 Å². The molecule has 0 aromatic carbocycles. The number of hydrogen-bond donors (Lipinski definition) is 2. The summed E-state index contributed by atoms with van der Waals surface area (Å²) in [5, 5.41) is 6.85. The van der Waals surface area contributed by atoms with Gasteiger partial charge in [0.05, 0.1) is 19.1 Å². The summed E-state index contributed by atoms with van der Waals surface area (Å²) in [5.74, 6) is 1.76. The molecule has 1 aromatic rings. The monoisotopic (exact) mass is 168 g/mol. The third-order valence-electron chi connectivity index (χ3n) is 2.07. The van der Waals surface area contributed by atoms with Crippen LogP contribution in [0.4, 0.5) is 0 Å². The van der Waals surface area contributed by atoms with E-state index in [1.54, 1.807) is 0 Å². The van der Waals surface area contributed by atoms with Crippen molar-refractivity contribution in [3.05, 3.63) is 11.6 Å². The van der Waals surface area contributed by atoms with Gasteiger partial charge >= 0.3 is 0 Å². The predicted octanol–water partition coefficient (Wildman–Crippen LogP) is -0.446. The van der Waals surface area contributed by atoms with E-state index in [1.807, 2.05) is 6.92 Å². The molecule has 12 heavy (non-hydrogen) atoms. The number of aryl methyl sites for hydroxylation is 1. The Kier molecular flexibility index (Phi) is 1.82. The fourth-order valence-electron chi connectivity index (χ4n) is 1.36. The number of nitrogens with one attached hydrogen (secondary N) is 1. The van der Waals surface area contributed by atoms with Crippen molar-refractivity contribution < 1.29 is 4.74 Å². The van der Waals surface area contributed by atoms with E-state index in [2.05, 4.69) is 15.2 Å². The topological polar surface area (TPSA) is 76.8 Å². The molecule has 1 aliphatic rings. The lowest BCUT2D eigenvalue weighted by molar-refractivity contribution is 0.190. The zero-order valence-electron chi connectivity index (χ0n) is 6.95. The van der Waals surface area contributed by atoms with Crippen LogP contribution in [0.2, 0.25) is 0 Å². The Morgan fingerprint density at radius 3 is 2.92 bits per heavy atom. The minimum absolute atomic E-state index is 0.0419. The minimum Gasteiger partial charge on any atom is -0.379 e. The van der Waals surface area contributed by atoms with Gasteiger partial charge in [-0.05, 0) is 6.92 Å². The van der Waals surface area contributed by atoms with Crippen LogP contribution in [0.5, 0.6) is 0 Å². The molecule has 2 unspecified atom stereocenters. The average molecular weight is 168 g/mol. The van der Waals surface area contributed by atoms with Gasteiger partial charge in [-0.3, -0.25) is 5.10 Å². The first kappa shape index (κ1) is 7.70. The zero-order chi connectivity index (χ0) is 8.55. The lowest BCUT2D eigenvalue weighted by atomic mass is 10.0.